The van der Waals surface area contributed by atoms with Crippen molar-refractivity contribution in [1.29, 1.82) is 0 Å². The predicted octanol–water partition coefficient (Wildman–Crippen LogP) is 1.26. The summed E-state index contributed by atoms with van der Waals surface area (Å²) < 4.78 is 5.42. The summed E-state index contributed by atoms with van der Waals surface area (Å²) in [5.41, 5.74) is 0.183. The fourth-order valence-electron chi connectivity index (χ4n) is 4.61. The van der Waals surface area contributed by atoms with Gasteiger partial charge in [0, 0.05) is 11.5 Å². The highest BCUT2D eigenvalue weighted by Gasteiger charge is 2.58. The standard InChI is InChI=1S/C15H22O4/c1-7-4-12-9(8(2)14(18)19-12)6-15(3)10(7)5-11(16)13(15)17/h7,9-13,16-17H,2,4-6H2,1,3H3/t7?,9?,10?,11?,12?,13?,15-/m0/s1. The predicted molar refractivity (Wildman–Crippen MR) is 69.1 cm³/mol. The summed E-state index contributed by atoms with van der Waals surface area (Å²) >= 11 is 0. The fraction of sp³-hybridized carbons (Fsp3) is 0.800. The Bertz CT molecular complexity index is 432. The van der Waals surface area contributed by atoms with Gasteiger partial charge in [-0.15, -0.1) is 0 Å². The van der Waals surface area contributed by atoms with Crippen LogP contribution in [0.25, 0.3) is 0 Å². The lowest BCUT2D eigenvalue weighted by atomic mass is 9.69. The Hall–Kier alpha value is -0.870. The van der Waals surface area contributed by atoms with E-state index in [2.05, 4.69) is 13.5 Å². The van der Waals surface area contributed by atoms with Gasteiger partial charge in [-0.2, -0.15) is 0 Å². The third kappa shape index (κ3) is 1.69. The van der Waals surface area contributed by atoms with Gasteiger partial charge in [0.05, 0.1) is 12.2 Å². The quantitative estimate of drug-likeness (QED) is 0.512. The summed E-state index contributed by atoms with van der Waals surface area (Å²) in [4.78, 5) is 11.7. The molecular weight excluding hydrogens is 244 g/mol. The van der Waals surface area contributed by atoms with Gasteiger partial charge in [0.2, 0.25) is 0 Å². The molecule has 1 heterocycles. The molecule has 0 radical (unpaired) electrons. The molecule has 0 aromatic carbocycles. The largest absolute Gasteiger partial charge is 0.458 e. The molecule has 0 spiro atoms. The van der Waals surface area contributed by atoms with Crippen LogP contribution in [0.3, 0.4) is 0 Å². The highest BCUT2D eigenvalue weighted by Crippen LogP contribution is 2.56. The number of hydrogen-bond acceptors (Lipinski definition) is 4. The number of aliphatic hydroxyl groups is 2. The zero-order valence-electron chi connectivity index (χ0n) is 11.5. The van der Waals surface area contributed by atoms with E-state index in [0.717, 1.165) is 6.42 Å². The van der Waals surface area contributed by atoms with Crippen molar-refractivity contribution < 1.29 is 19.7 Å². The van der Waals surface area contributed by atoms with Crippen molar-refractivity contribution in [2.24, 2.45) is 23.2 Å². The summed E-state index contributed by atoms with van der Waals surface area (Å²) in [5.74, 6) is 0.294. The molecule has 19 heavy (non-hydrogen) atoms. The number of ether oxygens (including phenoxy) is 1. The van der Waals surface area contributed by atoms with Gasteiger partial charge < -0.3 is 14.9 Å². The van der Waals surface area contributed by atoms with Crippen molar-refractivity contribution in [2.45, 2.75) is 51.4 Å². The van der Waals surface area contributed by atoms with Crippen LogP contribution in [0.2, 0.25) is 0 Å². The molecule has 2 aliphatic carbocycles. The SMILES string of the molecule is C=C1C(=O)OC2CC(C)C3CC(O)C(O)[C@@]3(C)CC12. The zero-order valence-corrected chi connectivity index (χ0v) is 11.5. The minimum absolute atomic E-state index is 0.00935. The molecule has 4 nitrogen and oxygen atoms in total. The molecule has 106 valence electrons. The van der Waals surface area contributed by atoms with E-state index < -0.39 is 12.2 Å². The molecule has 1 aliphatic heterocycles. The third-order valence-corrected chi connectivity index (χ3v) is 5.75. The molecule has 6 unspecified atom stereocenters. The Labute approximate surface area is 113 Å². The fourth-order valence-corrected chi connectivity index (χ4v) is 4.61. The molecule has 2 N–H and O–H groups in total. The highest BCUT2D eigenvalue weighted by molar-refractivity contribution is 5.90. The monoisotopic (exact) mass is 266 g/mol. The van der Waals surface area contributed by atoms with E-state index in [0.29, 0.717) is 24.3 Å². The Morgan fingerprint density at radius 2 is 2.05 bits per heavy atom. The summed E-state index contributed by atoms with van der Waals surface area (Å²) in [6.45, 7) is 8.02. The van der Waals surface area contributed by atoms with E-state index in [1.54, 1.807) is 0 Å². The van der Waals surface area contributed by atoms with Crippen molar-refractivity contribution in [3.63, 3.8) is 0 Å². The van der Waals surface area contributed by atoms with Crippen LogP contribution >= 0.6 is 0 Å². The summed E-state index contributed by atoms with van der Waals surface area (Å²) in [5, 5.41) is 20.4. The second kappa shape index (κ2) is 4.06. The van der Waals surface area contributed by atoms with Gasteiger partial charge in [0.1, 0.15) is 6.10 Å². The zero-order chi connectivity index (χ0) is 13.9. The minimum Gasteiger partial charge on any atom is -0.458 e. The number of hydrogen-bond donors (Lipinski definition) is 2. The smallest absolute Gasteiger partial charge is 0.334 e. The average molecular weight is 266 g/mol. The maximum atomic E-state index is 11.7. The first kappa shape index (κ1) is 13.1. The van der Waals surface area contributed by atoms with Crippen molar-refractivity contribution in [3.8, 4) is 0 Å². The van der Waals surface area contributed by atoms with Crippen LogP contribution in [0.1, 0.15) is 33.1 Å². The van der Waals surface area contributed by atoms with Crippen LogP contribution in [0, 0.1) is 23.2 Å². The van der Waals surface area contributed by atoms with Crippen molar-refractivity contribution in [3.05, 3.63) is 12.2 Å². The molecular formula is C15H22O4. The lowest BCUT2D eigenvalue weighted by Gasteiger charge is -2.36. The van der Waals surface area contributed by atoms with Crippen molar-refractivity contribution >= 4 is 5.97 Å². The second-order valence-corrected chi connectivity index (χ2v) is 6.85. The maximum absolute atomic E-state index is 11.7. The third-order valence-electron chi connectivity index (χ3n) is 5.75. The Balaban J connectivity index is 1.97. The van der Waals surface area contributed by atoms with Crippen LogP contribution in [-0.2, 0) is 9.53 Å². The lowest BCUT2D eigenvalue weighted by Crippen LogP contribution is -2.38. The number of aliphatic hydroxyl groups excluding tert-OH is 2. The van der Waals surface area contributed by atoms with Crippen LogP contribution in [0.5, 0.6) is 0 Å². The molecule has 7 atom stereocenters. The van der Waals surface area contributed by atoms with E-state index in [-0.39, 0.29) is 29.3 Å². The average Bonchev–Trinajstić information content (AvgIpc) is 2.68. The van der Waals surface area contributed by atoms with Crippen molar-refractivity contribution in [2.75, 3.05) is 0 Å². The number of carbonyl (C=O) groups excluding carboxylic acids is 1. The van der Waals surface area contributed by atoms with Gasteiger partial charge >= 0.3 is 5.97 Å². The molecule has 4 heteroatoms. The number of esters is 1. The van der Waals surface area contributed by atoms with Crippen LogP contribution in [-0.4, -0.2) is 34.5 Å². The molecule has 3 fully saturated rings. The van der Waals surface area contributed by atoms with Gasteiger partial charge in [0.15, 0.2) is 0 Å². The van der Waals surface area contributed by atoms with Gasteiger partial charge in [-0.3, -0.25) is 0 Å². The van der Waals surface area contributed by atoms with E-state index in [1.165, 1.54) is 0 Å². The molecule has 2 saturated carbocycles. The first-order valence-electron chi connectivity index (χ1n) is 7.10. The van der Waals surface area contributed by atoms with Gasteiger partial charge in [-0.05, 0) is 36.5 Å². The topological polar surface area (TPSA) is 66.8 Å². The van der Waals surface area contributed by atoms with Gasteiger partial charge in [0.25, 0.3) is 0 Å². The molecule has 0 bridgehead atoms. The molecule has 0 amide bonds. The van der Waals surface area contributed by atoms with Crippen LogP contribution < -0.4 is 0 Å². The Morgan fingerprint density at radius 3 is 2.74 bits per heavy atom. The van der Waals surface area contributed by atoms with E-state index in [4.69, 9.17) is 4.74 Å². The first-order chi connectivity index (χ1) is 8.84. The summed E-state index contributed by atoms with van der Waals surface area (Å²) in [6.07, 6.45) is 0.646. The normalized spacial score (nSPS) is 53.5. The summed E-state index contributed by atoms with van der Waals surface area (Å²) in [6, 6.07) is 0. The van der Waals surface area contributed by atoms with E-state index in [9.17, 15) is 15.0 Å². The molecule has 0 aromatic rings. The number of fused-ring (bicyclic) bond motifs is 2. The van der Waals surface area contributed by atoms with Gasteiger partial charge in [-0.1, -0.05) is 20.4 Å². The second-order valence-electron chi connectivity index (χ2n) is 6.85. The molecule has 3 aliphatic rings. The van der Waals surface area contributed by atoms with Crippen LogP contribution in [0.15, 0.2) is 12.2 Å². The number of rotatable bonds is 0. The first-order valence-corrected chi connectivity index (χ1v) is 7.10. The van der Waals surface area contributed by atoms with E-state index >= 15 is 0 Å². The highest BCUT2D eigenvalue weighted by atomic mass is 16.6. The maximum Gasteiger partial charge on any atom is 0.334 e. The summed E-state index contributed by atoms with van der Waals surface area (Å²) in [7, 11) is 0. The Kier molecular flexibility index (Phi) is 2.81. The van der Waals surface area contributed by atoms with E-state index in [1.807, 2.05) is 6.92 Å². The van der Waals surface area contributed by atoms with Crippen molar-refractivity contribution in [1.82, 2.24) is 0 Å². The molecule has 1 saturated heterocycles. The molecule has 0 aromatic heterocycles. The van der Waals surface area contributed by atoms with Gasteiger partial charge in [-0.25, -0.2) is 4.79 Å². The Morgan fingerprint density at radius 1 is 1.37 bits per heavy atom. The minimum atomic E-state index is -0.720. The van der Waals surface area contributed by atoms with Crippen LogP contribution in [0.4, 0.5) is 0 Å². The number of carbonyl (C=O) groups is 1. The molecule has 3 rings (SSSR count). The lowest BCUT2D eigenvalue weighted by molar-refractivity contribution is -0.139.